The van der Waals surface area contributed by atoms with Crippen LogP contribution in [0.15, 0.2) is 47.1 Å². The molecule has 0 spiro atoms. The van der Waals surface area contributed by atoms with E-state index in [-0.39, 0.29) is 38.0 Å². The molecule has 0 saturated carbocycles. The predicted molar refractivity (Wildman–Crippen MR) is 89.2 cm³/mol. The van der Waals surface area contributed by atoms with Crippen LogP contribution in [0.1, 0.15) is 12.2 Å². The summed E-state index contributed by atoms with van der Waals surface area (Å²) in [5.74, 6) is 0.983. The molecule has 1 heterocycles. The van der Waals surface area contributed by atoms with E-state index in [2.05, 4.69) is 4.74 Å². The van der Waals surface area contributed by atoms with Gasteiger partial charge in [-0.15, -0.1) is 0 Å². The summed E-state index contributed by atoms with van der Waals surface area (Å²) in [7, 11) is 2.84. The molecule has 134 valence electrons. The van der Waals surface area contributed by atoms with E-state index in [4.69, 9.17) is 13.9 Å². The van der Waals surface area contributed by atoms with Gasteiger partial charge in [0.1, 0.15) is 5.76 Å². The van der Waals surface area contributed by atoms with Crippen molar-refractivity contribution in [3.63, 3.8) is 0 Å². The van der Waals surface area contributed by atoms with Crippen LogP contribution in [-0.2, 0) is 20.9 Å². The molecular weight excluding hydrogens is 326 g/mol. The number of hydrogen-bond donors (Lipinski definition) is 0. The van der Waals surface area contributed by atoms with Crippen molar-refractivity contribution in [3.8, 4) is 11.5 Å². The van der Waals surface area contributed by atoms with Crippen LogP contribution in [0.25, 0.3) is 0 Å². The van der Waals surface area contributed by atoms with Crippen LogP contribution in [0.4, 0.5) is 0 Å². The Hall–Kier alpha value is -2.96. The molecule has 0 N–H and O–H groups in total. The molecule has 7 heteroatoms. The monoisotopic (exact) mass is 347 g/mol. The largest absolute Gasteiger partial charge is 0.493 e. The van der Waals surface area contributed by atoms with E-state index in [1.54, 1.807) is 30.3 Å². The molecule has 0 unspecified atom stereocenters. The number of carbonyl (C=O) groups is 2. The Bertz CT molecular complexity index is 683. The van der Waals surface area contributed by atoms with Crippen LogP contribution in [0.3, 0.4) is 0 Å². The Morgan fingerprint density at radius 3 is 2.48 bits per heavy atom. The minimum atomic E-state index is -0.386. The first-order valence-corrected chi connectivity index (χ1v) is 7.77. The molecule has 0 aliphatic rings. The summed E-state index contributed by atoms with van der Waals surface area (Å²) in [4.78, 5) is 25.4. The number of benzene rings is 1. The van der Waals surface area contributed by atoms with Gasteiger partial charge >= 0.3 is 5.97 Å². The van der Waals surface area contributed by atoms with Crippen molar-refractivity contribution < 1.29 is 28.2 Å². The normalized spacial score (nSPS) is 10.2. The van der Waals surface area contributed by atoms with Crippen LogP contribution in [0.2, 0.25) is 0 Å². The minimum absolute atomic E-state index is 0.0948. The van der Waals surface area contributed by atoms with Gasteiger partial charge in [0.05, 0.1) is 33.4 Å². The van der Waals surface area contributed by atoms with Gasteiger partial charge in [-0.1, -0.05) is 12.1 Å². The summed E-state index contributed by atoms with van der Waals surface area (Å²) in [5, 5.41) is 0. The molecule has 25 heavy (non-hydrogen) atoms. The molecule has 1 aromatic carbocycles. The minimum Gasteiger partial charge on any atom is -0.493 e. The highest BCUT2D eigenvalue weighted by atomic mass is 16.5. The van der Waals surface area contributed by atoms with Gasteiger partial charge in [-0.25, -0.2) is 0 Å². The lowest BCUT2D eigenvalue weighted by Gasteiger charge is -2.21. The second kappa shape index (κ2) is 9.36. The first kappa shape index (κ1) is 18.4. The molecular formula is C18H21NO6. The number of para-hydroxylation sites is 2. The number of amides is 1. The fourth-order valence-electron chi connectivity index (χ4n) is 2.18. The molecule has 0 atom stereocenters. The van der Waals surface area contributed by atoms with Crippen molar-refractivity contribution in [3.05, 3.63) is 48.4 Å². The third-order valence-corrected chi connectivity index (χ3v) is 3.51. The van der Waals surface area contributed by atoms with Gasteiger partial charge in [0.2, 0.25) is 0 Å². The molecule has 0 bridgehead atoms. The van der Waals surface area contributed by atoms with Gasteiger partial charge in [-0.05, 0) is 24.3 Å². The number of esters is 1. The van der Waals surface area contributed by atoms with Crippen LogP contribution < -0.4 is 9.47 Å². The molecule has 0 radical (unpaired) electrons. The van der Waals surface area contributed by atoms with E-state index in [1.807, 2.05) is 6.07 Å². The van der Waals surface area contributed by atoms with E-state index in [9.17, 15) is 9.59 Å². The highest BCUT2D eigenvalue weighted by Crippen LogP contribution is 2.25. The maximum absolute atomic E-state index is 12.5. The van der Waals surface area contributed by atoms with Crippen molar-refractivity contribution in [1.29, 1.82) is 0 Å². The SMILES string of the molecule is COC(=O)CCN(Cc1ccco1)C(=O)COc1ccccc1OC. The number of hydrogen-bond acceptors (Lipinski definition) is 6. The van der Waals surface area contributed by atoms with Gasteiger partial charge < -0.3 is 23.5 Å². The molecule has 2 aromatic rings. The van der Waals surface area contributed by atoms with Crippen molar-refractivity contribution in [2.75, 3.05) is 27.4 Å². The van der Waals surface area contributed by atoms with Crippen molar-refractivity contribution in [1.82, 2.24) is 4.90 Å². The zero-order valence-electron chi connectivity index (χ0n) is 14.3. The molecule has 7 nitrogen and oxygen atoms in total. The first-order valence-electron chi connectivity index (χ1n) is 7.77. The highest BCUT2D eigenvalue weighted by molar-refractivity contribution is 5.78. The first-order chi connectivity index (χ1) is 12.1. The Labute approximate surface area is 146 Å². The Morgan fingerprint density at radius 2 is 1.84 bits per heavy atom. The van der Waals surface area contributed by atoms with E-state index in [1.165, 1.54) is 25.4 Å². The van der Waals surface area contributed by atoms with Gasteiger partial charge in [0.15, 0.2) is 18.1 Å². The average Bonchev–Trinajstić information content (AvgIpc) is 3.16. The molecule has 1 amide bonds. The predicted octanol–water partition coefficient (Wildman–Crippen LogP) is 2.26. The van der Waals surface area contributed by atoms with Crippen LogP contribution >= 0.6 is 0 Å². The summed E-state index contributed by atoms with van der Waals surface area (Å²) in [6.45, 7) is 0.280. The lowest BCUT2D eigenvalue weighted by atomic mass is 10.3. The number of ether oxygens (including phenoxy) is 3. The number of furan rings is 1. The Morgan fingerprint density at radius 1 is 1.08 bits per heavy atom. The number of nitrogens with zero attached hydrogens (tertiary/aromatic N) is 1. The third-order valence-electron chi connectivity index (χ3n) is 3.51. The summed E-state index contributed by atoms with van der Waals surface area (Å²) in [6, 6.07) is 10.6. The van der Waals surface area contributed by atoms with Gasteiger partial charge in [-0.2, -0.15) is 0 Å². The summed E-state index contributed by atoms with van der Waals surface area (Å²) in [6.07, 6.45) is 1.63. The van der Waals surface area contributed by atoms with E-state index < -0.39 is 0 Å². The fourth-order valence-corrected chi connectivity index (χ4v) is 2.18. The van der Waals surface area contributed by atoms with Gasteiger partial charge in [0.25, 0.3) is 5.91 Å². The van der Waals surface area contributed by atoms with Crippen LogP contribution in [0.5, 0.6) is 11.5 Å². The van der Waals surface area contributed by atoms with E-state index in [0.29, 0.717) is 17.3 Å². The second-order valence-electron chi connectivity index (χ2n) is 5.16. The molecule has 2 rings (SSSR count). The highest BCUT2D eigenvalue weighted by Gasteiger charge is 2.18. The summed E-state index contributed by atoms with van der Waals surface area (Å²) in [5.41, 5.74) is 0. The summed E-state index contributed by atoms with van der Waals surface area (Å²) >= 11 is 0. The zero-order chi connectivity index (χ0) is 18.1. The lowest BCUT2D eigenvalue weighted by molar-refractivity contribution is -0.142. The molecule has 0 aliphatic carbocycles. The second-order valence-corrected chi connectivity index (χ2v) is 5.16. The Kier molecular flexibility index (Phi) is 6.88. The fraction of sp³-hybridized carbons (Fsp3) is 0.333. The molecule has 0 aliphatic heterocycles. The summed E-state index contributed by atoms with van der Waals surface area (Å²) < 4.78 is 20.7. The maximum Gasteiger partial charge on any atom is 0.307 e. The third kappa shape index (κ3) is 5.56. The molecule has 0 saturated heterocycles. The average molecular weight is 347 g/mol. The van der Waals surface area contributed by atoms with Crippen LogP contribution in [0, 0.1) is 0 Å². The molecule has 1 aromatic heterocycles. The van der Waals surface area contributed by atoms with Crippen LogP contribution in [-0.4, -0.2) is 44.1 Å². The number of carbonyl (C=O) groups excluding carboxylic acids is 2. The van der Waals surface area contributed by atoms with Crippen molar-refractivity contribution >= 4 is 11.9 Å². The topological polar surface area (TPSA) is 78.2 Å². The molecule has 0 fully saturated rings. The quantitative estimate of drug-likeness (QED) is 0.648. The van der Waals surface area contributed by atoms with Crippen molar-refractivity contribution in [2.24, 2.45) is 0 Å². The van der Waals surface area contributed by atoms with Gasteiger partial charge in [-0.3, -0.25) is 9.59 Å². The van der Waals surface area contributed by atoms with Gasteiger partial charge in [0, 0.05) is 6.54 Å². The zero-order valence-corrected chi connectivity index (χ0v) is 14.3. The standard InChI is InChI=1S/C18H21NO6/c1-22-15-7-3-4-8-16(15)25-13-17(20)19(10-9-18(21)23-2)12-14-6-5-11-24-14/h3-8,11H,9-10,12-13H2,1-2H3. The Balaban J connectivity index is 1.99. The lowest BCUT2D eigenvalue weighted by Crippen LogP contribution is -2.36. The smallest absolute Gasteiger partial charge is 0.307 e. The number of methoxy groups -OCH3 is 2. The van der Waals surface area contributed by atoms with Crippen molar-refractivity contribution in [2.45, 2.75) is 13.0 Å². The van der Waals surface area contributed by atoms with E-state index in [0.717, 1.165) is 0 Å². The van der Waals surface area contributed by atoms with E-state index >= 15 is 0 Å². The maximum atomic E-state index is 12.5. The number of rotatable bonds is 9.